The van der Waals surface area contributed by atoms with Crippen molar-refractivity contribution < 1.29 is 8.42 Å². The summed E-state index contributed by atoms with van der Waals surface area (Å²) in [4.78, 5) is 7.90. The van der Waals surface area contributed by atoms with Crippen molar-refractivity contribution in [3.63, 3.8) is 0 Å². The lowest BCUT2D eigenvalue weighted by atomic mass is 10.2. The second-order valence-corrected chi connectivity index (χ2v) is 8.72. The molecule has 5 nitrogen and oxygen atoms in total. The summed E-state index contributed by atoms with van der Waals surface area (Å²) in [5.41, 5.74) is 0. The van der Waals surface area contributed by atoms with E-state index in [1.165, 1.54) is 11.1 Å². The molecule has 0 spiro atoms. The molecule has 0 saturated carbocycles. The highest BCUT2D eigenvalue weighted by atomic mass is 32.2. The van der Waals surface area contributed by atoms with Gasteiger partial charge in [-0.05, 0) is 36.4 Å². The van der Waals surface area contributed by atoms with Crippen LogP contribution in [-0.4, -0.2) is 37.8 Å². The maximum absolute atomic E-state index is 12.6. The Morgan fingerprint density at radius 1 is 1.22 bits per heavy atom. The van der Waals surface area contributed by atoms with Crippen molar-refractivity contribution in [1.29, 1.82) is 0 Å². The van der Waals surface area contributed by atoms with E-state index in [0.717, 1.165) is 31.6 Å². The summed E-state index contributed by atoms with van der Waals surface area (Å²) in [5, 5.41) is 2.05. The van der Waals surface area contributed by atoms with Gasteiger partial charge in [-0.1, -0.05) is 12.5 Å². The number of hydrogen-bond acceptors (Lipinski definition) is 5. The van der Waals surface area contributed by atoms with Crippen molar-refractivity contribution in [2.75, 3.05) is 25.0 Å². The fraction of sp³-hybridized carbons (Fsp3) is 0.438. The van der Waals surface area contributed by atoms with Gasteiger partial charge in [0.2, 0.25) is 10.0 Å². The topological polar surface area (TPSA) is 53.5 Å². The number of pyridine rings is 1. The molecule has 0 atom stereocenters. The van der Waals surface area contributed by atoms with Crippen LogP contribution in [-0.2, 0) is 16.6 Å². The molecule has 0 aliphatic carbocycles. The fourth-order valence-electron chi connectivity index (χ4n) is 2.72. The third-order valence-electron chi connectivity index (χ3n) is 4.04. The number of aromatic nitrogens is 1. The Kier molecular flexibility index (Phi) is 4.99. The number of rotatable bonds is 5. The van der Waals surface area contributed by atoms with Crippen LogP contribution in [0.25, 0.3) is 0 Å². The first-order valence-electron chi connectivity index (χ1n) is 7.77. The molecule has 2 aromatic rings. The first kappa shape index (κ1) is 16.4. The van der Waals surface area contributed by atoms with Gasteiger partial charge in [0.1, 0.15) is 10.7 Å². The van der Waals surface area contributed by atoms with Crippen molar-refractivity contribution in [2.45, 2.75) is 30.7 Å². The first-order chi connectivity index (χ1) is 11.1. The number of sulfonamides is 1. The minimum atomic E-state index is -3.40. The fourth-order valence-corrected chi connectivity index (χ4v) is 4.94. The summed E-state index contributed by atoms with van der Waals surface area (Å²) >= 11 is 1.70. The molecule has 1 fully saturated rings. The standard InChI is InChI=1S/C16H21N3O2S2/c1-18(13-14-6-5-11-22-14)16-8-7-15(12-17-16)23(20,21)19-9-3-2-4-10-19/h5-8,11-12H,2-4,9-10,13H2,1H3. The Balaban J connectivity index is 1.73. The highest BCUT2D eigenvalue weighted by Gasteiger charge is 2.26. The van der Waals surface area contributed by atoms with E-state index in [-0.39, 0.29) is 4.90 Å². The summed E-state index contributed by atoms with van der Waals surface area (Å²) in [7, 11) is -1.44. The lowest BCUT2D eigenvalue weighted by Gasteiger charge is -2.26. The van der Waals surface area contributed by atoms with Gasteiger partial charge in [-0.3, -0.25) is 0 Å². The van der Waals surface area contributed by atoms with Gasteiger partial charge in [-0.25, -0.2) is 13.4 Å². The zero-order valence-electron chi connectivity index (χ0n) is 13.2. The second kappa shape index (κ2) is 6.98. The van der Waals surface area contributed by atoms with E-state index in [1.807, 2.05) is 23.4 Å². The number of piperidine rings is 1. The molecule has 1 aliphatic heterocycles. The predicted octanol–water partition coefficient (Wildman–Crippen LogP) is 2.95. The highest BCUT2D eigenvalue weighted by molar-refractivity contribution is 7.89. The van der Waals surface area contributed by atoms with Crippen LogP contribution >= 0.6 is 11.3 Å². The second-order valence-electron chi connectivity index (χ2n) is 5.75. The minimum absolute atomic E-state index is 0.285. The predicted molar refractivity (Wildman–Crippen MR) is 93.3 cm³/mol. The Morgan fingerprint density at radius 2 is 2.00 bits per heavy atom. The lowest BCUT2D eigenvalue weighted by molar-refractivity contribution is 0.346. The number of anilines is 1. The quantitative estimate of drug-likeness (QED) is 0.831. The smallest absolute Gasteiger partial charge is 0.244 e. The molecule has 3 heterocycles. The third-order valence-corrected chi connectivity index (χ3v) is 6.78. The Morgan fingerprint density at radius 3 is 2.61 bits per heavy atom. The maximum atomic E-state index is 12.6. The van der Waals surface area contributed by atoms with Crippen LogP contribution in [0.5, 0.6) is 0 Å². The van der Waals surface area contributed by atoms with E-state index in [2.05, 4.69) is 11.1 Å². The molecular weight excluding hydrogens is 330 g/mol. The number of thiophene rings is 1. The van der Waals surface area contributed by atoms with Crippen LogP contribution in [0.2, 0.25) is 0 Å². The van der Waals surface area contributed by atoms with Crippen LogP contribution in [0.15, 0.2) is 40.7 Å². The summed E-state index contributed by atoms with van der Waals surface area (Å²) in [6.07, 6.45) is 4.46. The van der Waals surface area contributed by atoms with Crippen molar-refractivity contribution in [3.8, 4) is 0 Å². The number of nitrogens with zero attached hydrogens (tertiary/aromatic N) is 3. The van der Waals surface area contributed by atoms with Crippen molar-refractivity contribution >= 4 is 27.2 Å². The summed E-state index contributed by atoms with van der Waals surface area (Å²) in [6, 6.07) is 7.55. The average molecular weight is 351 g/mol. The van der Waals surface area contributed by atoms with Crippen molar-refractivity contribution in [3.05, 3.63) is 40.7 Å². The minimum Gasteiger partial charge on any atom is -0.355 e. The molecule has 0 N–H and O–H groups in total. The van der Waals surface area contributed by atoms with Gasteiger partial charge in [0.25, 0.3) is 0 Å². The molecule has 0 amide bonds. The van der Waals surface area contributed by atoms with Crippen LogP contribution in [0, 0.1) is 0 Å². The van der Waals surface area contributed by atoms with Crippen LogP contribution in [0.4, 0.5) is 5.82 Å². The lowest BCUT2D eigenvalue weighted by Crippen LogP contribution is -2.35. The largest absolute Gasteiger partial charge is 0.355 e. The maximum Gasteiger partial charge on any atom is 0.244 e. The molecule has 0 unspecified atom stereocenters. The molecule has 0 bridgehead atoms. The Labute approximate surface area is 141 Å². The average Bonchev–Trinajstić information content (AvgIpc) is 3.09. The normalized spacial score (nSPS) is 16.4. The zero-order valence-corrected chi connectivity index (χ0v) is 14.8. The van der Waals surface area contributed by atoms with E-state index in [4.69, 9.17) is 0 Å². The molecule has 2 aromatic heterocycles. The van der Waals surface area contributed by atoms with E-state index < -0.39 is 10.0 Å². The van der Waals surface area contributed by atoms with Gasteiger partial charge in [0.05, 0.1) is 6.54 Å². The summed E-state index contributed by atoms with van der Waals surface area (Å²) in [6.45, 7) is 1.99. The van der Waals surface area contributed by atoms with Crippen LogP contribution < -0.4 is 4.90 Å². The van der Waals surface area contributed by atoms with Crippen LogP contribution in [0.1, 0.15) is 24.1 Å². The van der Waals surface area contributed by atoms with Gasteiger partial charge in [0, 0.05) is 31.2 Å². The van der Waals surface area contributed by atoms with Gasteiger partial charge >= 0.3 is 0 Å². The van der Waals surface area contributed by atoms with Crippen molar-refractivity contribution in [2.24, 2.45) is 0 Å². The molecule has 124 valence electrons. The monoisotopic (exact) mass is 351 g/mol. The molecule has 1 saturated heterocycles. The van der Waals surface area contributed by atoms with Gasteiger partial charge in [-0.15, -0.1) is 11.3 Å². The van der Waals surface area contributed by atoms with E-state index in [0.29, 0.717) is 13.1 Å². The molecule has 0 radical (unpaired) electrons. The van der Waals surface area contributed by atoms with E-state index >= 15 is 0 Å². The van der Waals surface area contributed by atoms with Gasteiger partial charge in [0.15, 0.2) is 0 Å². The third kappa shape index (κ3) is 3.73. The SMILES string of the molecule is CN(Cc1cccs1)c1ccc(S(=O)(=O)N2CCCCC2)cn1. The zero-order chi connectivity index (χ0) is 16.3. The van der Waals surface area contributed by atoms with Crippen LogP contribution in [0.3, 0.4) is 0 Å². The first-order valence-corrected chi connectivity index (χ1v) is 10.1. The summed E-state index contributed by atoms with van der Waals surface area (Å²) in [5.74, 6) is 0.774. The number of hydrogen-bond donors (Lipinski definition) is 0. The summed E-state index contributed by atoms with van der Waals surface area (Å²) < 4.78 is 26.8. The molecule has 1 aliphatic rings. The van der Waals surface area contributed by atoms with Gasteiger partial charge < -0.3 is 4.90 Å². The van der Waals surface area contributed by atoms with E-state index in [1.54, 1.807) is 27.8 Å². The molecule has 3 rings (SSSR count). The molecule has 23 heavy (non-hydrogen) atoms. The Hall–Kier alpha value is -1.44. The van der Waals surface area contributed by atoms with Gasteiger partial charge in [-0.2, -0.15) is 4.31 Å². The molecule has 0 aromatic carbocycles. The van der Waals surface area contributed by atoms with Crippen molar-refractivity contribution in [1.82, 2.24) is 9.29 Å². The molecular formula is C16H21N3O2S2. The van der Waals surface area contributed by atoms with E-state index in [9.17, 15) is 8.42 Å². The molecule has 7 heteroatoms. The Bertz CT molecular complexity index is 721. The highest BCUT2D eigenvalue weighted by Crippen LogP contribution is 2.22.